The van der Waals surface area contributed by atoms with E-state index in [1.165, 1.54) is 10.5 Å². The number of carbonyl (C=O) groups is 1. The molecule has 0 radical (unpaired) electrons. The number of benzene rings is 2. The Bertz CT molecular complexity index is 679. The number of ether oxygens (including phenoxy) is 1. The van der Waals surface area contributed by atoms with Gasteiger partial charge >= 0.3 is 0 Å². The van der Waals surface area contributed by atoms with Crippen molar-refractivity contribution in [1.29, 1.82) is 0 Å². The molecule has 2 aromatic carbocycles. The van der Waals surface area contributed by atoms with E-state index in [4.69, 9.17) is 32.0 Å². The summed E-state index contributed by atoms with van der Waals surface area (Å²) in [7, 11) is 0. The number of hydrogen-bond acceptors (Lipinski definition) is 4. The first-order valence-electron chi connectivity index (χ1n) is 7.18. The van der Waals surface area contributed by atoms with Crippen LogP contribution in [0.15, 0.2) is 41.3 Å². The van der Waals surface area contributed by atoms with Crippen LogP contribution in [0.5, 0.6) is 11.5 Å². The van der Waals surface area contributed by atoms with Gasteiger partial charge < -0.3 is 15.6 Å². The van der Waals surface area contributed by atoms with Gasteiger partial charge in [-0.3, -0.25) is 4.79 Å². The van der Waals surface area contributed by atoms with E-state index in [0.717, 1.165) is 35.7 Å². The van der Waals surface area contributed by atoms with Crippen LogP contribution >= 0.6 is 23.4 Å². The molecule has 4 nitrogen and oxygen atoms in total. The summed E-state index contributed by atoms with van der Waals surface area (Å²) in [5.41, 5.74) is 8.14. The molecular formula is C17H18ClNO3S. The van der Waals surface area contributed by atoms with Gasteiger partial charge in [0.25, 0.3) is 6.47 Å². The second-order valence-corrected chi connectivity index (χ2v) is 6.44. The molecule has 0 fully saturated rings. The number of halogens is 1. The molecule has 0 unspecified atom stereocenters. The average molecular weight is 352 g/mol. The first-order valence-corrected chi connectivity index (χ1v) is 8.54. The zero-order chi connectivity index (χ0) is 16.7. The van der Waals surface area contributed by atoms with E-state index in [-0.39, 0.29) is 6.47 Å². The minimum atomic E-state index is -0.250. The number of thioether (sulfide) groups is 1. The maximum absolute atomic E-state index is 8.36. The second kappa shape index (κ2) is 8.82. The summed E-state index contributed by atoms with van der Waals surface area (Å²) in [5, 5.41) is 7.57. The lowest BCUT2D eigenvalue weighted by atomic mass is 10.1. The van der Waals surface area contributed by atoms with Gasteiger partial charge in [0, 0.05) is 15.7 Å². The van der Waals surface area contributed by atoms with E-state index in [2.05, 4.69) is 12.1 Å². The predicted octanol–water partition coefficient (Wildman–Crippen LogP) is 3.98. The van der Waals surface area contributed by atoms with E-state index < -0.39 is 0 Å². The molecule has 0 amide bonds. The minimum Gasteiger partial charge on any atom is -0.483 e. The fraction of sp³-hybridized carbons (Fsp3) is 0.235. The molecule has 3 N–H and O–H groups in total. The predicted molar refractivity (Wildman–Crippen MR) is 93.8 cm³/mol. The molecule has 23 heavy (non-hydrogen) atoms. The molecule has 1 aliphatic rings. The van der Waals surface area contributed by atoms with Crippen LogP contribution in [0.2, 0.25) is 5.02 Å². The lowest BCUT2D eigenvalue weighted by molar-refractivity contribution is -0.122. The molecule has 122 valence electrons. The van der Waals surface area contributed by atoms with Crippen molar-refractivity contribution in [2.75, 3.05) is 12.3 Å². The SMILES string of the molecule is NCCc1ccc(Cl)cc1Oc1ccc2c(c1)SCC2.O=CO. The fourth-order valence-electron chi connectivity index (χ4n) is 2.32. The summed E-state index contributed by atoms with van der Waals surface area (Å²) >= 11 is 7.95. The van der Waals surface area contributed by atoms with Gasteiger partial charge in [-0.15, -0.1) is 11.8 Å². The molecule has 0 aliphatic carbocycles. The smallest absolute Gasteiger partial charge is 0.290 e. The second-order valence-electron chi connectivity index (χ2n) is 4.87. The van der Waals surface area contributed by atoms with Crippen molar-refractivity contribution in [1.82, 2.24) is 0 Å². The highest BCUT2D eigenvalue weighted by molar-refractivity contribution is 7.99. The zero-order valence-corrected chi connectivity index (χ0v) is 14.1. The molecule has 2 aromatic rings. The normalized spacial score (nSPS) is 12.1. The van der Waals surface area contributed by atoms with Gasteiger partial charge in [-0.25, -0.2) is 0 Å². The minimum absolute atomic E-state index is 0.250. The Kier molecular flexibility index (Phi) is 6.77. The van der Waals surface area contributed by atoms with Gasteiger partial charge in [0.1, 0.15) is 11.5 Å². The number of aryl methyl sites for hydroxylation is 1. The molecule has 0 bridgehead atoms. The Hall–Kier alpha value is -1.69. The largest absolute Gasteiger partial charge is 0.483 e. The Morgan fingerprint density at radius 3 is 2.83 bits per heavy atom. The van der Waals surface area contributed by atoms with Crippen molar-refractivity contribution < 1.29 is 14.6 Å². The molecule has 1 heterocycles. The van der Waals surface area contributed by atoms with Crippen LogP contribution in [-0.4, -0.2) is 23.9 Å². The summed E-state index contributed by atoms with van der Waals surface area (Å²) in [6.07, 6.45) is 1.93. The summed E-state index contributed by atoms with van der Waals surface area (Å²) < 4.78 is 6.01. The van der Waals surface area contributed by atoms with E-state index in [1.807, 2.05) is 36.0 Å². The standard InChI is InChI=1S/C16H16ClNOS.CH2O2/c17-13-3-1-11(5-7-18)15(9-13)19-14-4-2-12-6-8-20-16(12)10-14;2-1-3/h1-4,9-10H,5-8,18H2;1H,(H,2,3). The maximum Gasteiger partial charge on any atom is 0.290 e. The van der Waals surface area contributed by atoms with Crippen LogP contribution < -0.4 is 10.5 Å². The van der Waals surface area contributed by atoms with Gasteiger partial charge in [-0.2, -0.15) is 0 Å². The van der Waals surface area contributed by atoms with Gasteiger partial charge in [0.15, 0.2) is 0 Å². The average Bonchev–Trinajstić information content (AvgIpc) is 2.98. The Morgan fingerprint density at radius 1 is 1.30 bits per heavy atom. The number of fused-ring (bicyclic) bond motifs is 1. The molecule has 0 aromatic heterocycles. The van der Waals surface area contributed by atoms with E-state index in [9.17, 15) is 0 Å². The summed E-state index contributed by atoms with van der Waals surface area (Å²) in [5.74, 6) is 2.82. The van der Waals surface area contributed by atoms with Gasteiger partial charge in [-0.05, 0) is 54.8 Å². The lowest BCUT2D eigenvalue weighted by Gasteiger charge is -2.12. The monoisotopic (exact) mass is 351 g/mol. The van der Waals surface area contributed by atoms with Gasteiger partial charge in [-0.1, -0.05) is 23.7 Å². The lowest BCUT2D eigenvalue weighted by Crippen LogP contribution is -2.04. The third kappa shape index (κ3) is 4.89. The van der Waals surface area contributed by atoms with Crippen LogP contribution in [-0.2, 0) is 17.6 Å². The highest BCUT2D eigenvalue weighted by Crippen LogP contribution is 2.36. The van der Waals surface area contributed by atoms with Crippen molar-refractivity contribution in [2.45, 2.75) is 17.7 Å². The first kappa shape index (κ1) is 17.7. The van der Waals surface area contributed by atoms with Crippen LogP contribution in [0.4, 0.5) is 0 Å². The quantitative estimate of drug-likeness (QED) is 0.815. The fourth-order valence-corrected chi connectivity index (χ4v) is 3.58. The summed E-state index contributed by atoms with van der Waals surface area (Å²) in [6, 6.07) is 12.0. The van der Waals surface area contributed by atoms with E-state index in [0.29, 0.717) is 11.6 Å². The van der Waals surface area contributed by atoms with Gasteiger partial charge in [0.05, 0.1) is 0 Å². The highest BCUT2D eigenvalue weighted by atomic mass is 35.5. The van der Waals surface area contributed by atoms with Crippen LogP contribution in [0.1, 0.15) is 11.1 Å². The molecule has 1 aliphatic heterocycles. The Labute approximate surface area is 144 Å². The summed E-state index contributed by atoms with van der Waals surface area (Å²) in [6.45, 7) is 0.345. The topological polar surface area (TPSA) is 72.5 Å². The molecule has 6 heteroatoms. The zero-order valence-electron chi connectivity index (χ0n) is 12.5. The maximum atomic E-state index is 8.36. The van der Waals surface area contributed by atoms with Crippen molar-refractivity contribution in [3.05, 3.63) is 52.5 Å². The third-order valence-electron chi connectivity index (χ3n) is 3.34. The molecular weight excluding hydrogens is 334 g/mol. The molecule has 0 atom stereocenters. The Morgan fingerprint density at radius 2 is 2.09 bits per heavy atom. The first-order chi connectivity index (χ1) is 11.2. The van der Waals surface area contributed by atoms with E-state index in [1.54, 1.807) is 0 Å². The van der Waals surface area contributed by atoms with Crippen LogP contribution in [0.25, 0.3) is 0 Å². The number of hydrogen-bond donors (Lipinski definition) is 2. The van der Waals surface area contributed by atoms with Crippen LogP contribution in [0, 0.1) is 0 Å². The van der Waals surface area contributed by atoms with Crippen molar-refractivity contribution in [3.63, 3.8) is 0 Å². The van der Waals surface area contributed by atoms with Gasteiger partial charge in [0.2, 0.25) is 0 Å². The summed E-state index contributed by atoms with van der Waals surface area (Å²) in [4.78, 5) is 9.69. The number of carboxylic acid groups (broad SMARTS) is 1. The van der Waals surface area contributed by atoms with Crippen molar-refractivity contribution >= 4 is 29.8 Å². The van der Waals surface area contributed by atoms with Crippen molar-refractivity contribution in [2.24, 2.45) is 5.73 Å². The molecule has 0 saturated heterocycles. The molecule has 0 spiro atoms. The highest BCUT2D eigenvalue weighted by Gasteiger charge is 2.13. The van der Waals surface area contributed by atoms with Crippen molar-refractivity contribution in [3.8, 4) is 11.5 Å². The van der Waals surface area contributed by atoms with Crippen LogP contribution in [0.3, 0.4) is 0 Å². The molecule has 3 rings (SSSR count). The van der Waals surface area contributed by atoms with E-state index >= 15 is 0 Å². The molecule has 0 saturated carbocycles. The number of nitrogens with two attached hydrogens (primary N) is 1. The Balaban J connectivity index is 0.000000595. The third-order valence-corrected chi connectivity index (χ3v) is 4.67. The number of rotatable bonds is 4.